The van der Waals surface area contributed by atoms with Crippen LogP contribution < -0.4 is 0 Å². The Hall–Kier alpha value is -1.71. The SMILES string of the molecule is CCC(C)=O.O=[N+]([O-])c1ccccc1. The molecule has 76 valence electrons. The predicted octanol–water partition coefficient (Wildman–Crippen LogP) is 2.58. The summed E-state index contributed by atoms with van der Waals surface area (Å²) < 4.78 is 0. The maximum Gasteiger partial charge on any atom is 0.269 e. The first-order valence-electron chi connectivity index (χ1n) is 4.26. The standard InChI is InChI=1S/C6H5NO2.C4H8O/c8-7(9)6-4-2-1-3-5-6;1-3-4(2)5/h1-5H;3H2,1-2H3. The van der Waals surface area contributed by atoms with Crippen molar-refractivity contribution in [2.45, 2.75) is 20.3 Å². The molecule has 0 aromatic heterocycles. The van der Waals surface area contributed by atoms with Gasteiger partial charge in [-0.1, -0.05) is 25.1 Å². The number of nitro benzene ring substituents is 1. The largest absolute Gasteiger partial charge is 0.300 e. The van der Waals surface area contributed by atoms with Crippen molar-refractivity contribution in [3.63, 3.8) is 0 Å². The average Bonchev–Trinajstić information content (AvgIpc) is 2.20. The van der Waals surface area contributed by atoms with E-state index in [2.05, 4.69) is 0 Å². The molecule has 0 aliphatic rings. The molecule has 0 fully saturated rings. The van der Waals surface area contributed by atoms with Crippen LogP contribution in [0.25, 0.3) is 0 Å². The summed E-state index contributed by atoms with van der Waals surface area (Å²) in [6, 6.07) is 7.93. The summed E-state index contributed by atoms with van der Waals surface area (Å²) in [5.41, 5.74) is 0.137. The highest BCUT2D eigenvalue weighted by Gasteiger charge is 1.98. The lowest BCUT2D eigenvalue weighted by atomic mass is 10.3. The molecule has 4 heteroatoms. The Labute approximate surface area is 82.7 Å². The Morgan fingerprint density at radius 3 is 2.00 bits per heavy atom. The van der Waals surface area contributed by atoms with Crippen LogP contribution in [0.5, 0.6) is 0 Å². The molecular weight excluding hydrogens is 182 g/mol. The fourth-order valence-electron chi connectivity index (χ4n) is 0.550. The van der Waals surface area contributed by atoms with Gasteiger partial charge < -0.3 is 4.79 Å². The van der Waals surface area contributed by atoms with Gasteiger partial charge in [-0.05, 0) is 6.92 Å². The molecule has 1 aromatic rings. The normalized spacial score (nSPS) is 8.43. The van der Waals surface area contributed by atoms with Gasteiger partial charge in [0.05, 0.1) is 4.92 Å². The quantitative estimate of drug-likeness (QED) is 0.538. The number of non-ortho nitro benzene ring substituents is 1. The summed E-state index contributed by atoms with van der Waals surface area (Å²) in [5.74, 6) is 0.255. The third-order valence-electron chi connectivity index (χ3n) is 1.46. The van der Waals surface area contributed by atoms with Crippen molar-refractivity contribution in [1.82, 2.24) is 0 Å². The lowest BCUT2D eigenvalue weighted by molar-refractivity contribution is -0.384. The summed E-state index contributed by atoms with van der Waals surface area (Å²) in [6.07, 6.45) is 0.667. The molecule has 0 spiro atoms. The van der Waals surface area contributed by atoms with Crippen molar-refractivity contribution >= 4 is 11.5 Å². The van der Waals surface area contributed by atoms with Crippen LogP contribution in [-0.4, -0.2) is 10.7 Å². The zero-order chi connectivity index (χ0) is 11.0. The molecule has 0 bridgehead atoms. The highest BCUT2D eigenvalue weighted by atomic mass is 16.6. The van der Waals surface area contributed by atoms with Crippen LogP contribution in [0.1, 0.15) is 20.3 Å². The molecule has 0 atom stereocenters. The van der Waals surface area contributed by atoms with Crippen LogP contribution in [0.3, 0.4) is 0 Å². The lowest BCUT2D eigenvalue weighted by Gasteiger charge is -1.85. The highest BCUT2D eigenvalue weighted by Crippen LogP contribution is 2.06. The minimum Gasteiger partial charge on any atom is -0.300 e. The van der Waals surface area contributed by atoms with Gasteiger partial charge in [0.2, 0.25) is 0 Å². The topological polar surface area (TPSA) is 60.2 Å². The fraction of sp³-hybridized carbons (Fsp3) is 0.300. The van der Waals surface area contributed by atoms with Crippen molar-refractivity contribution < 1.29 is 9.72 Å². The minimum absolute atomic E-state index is 0.137. The van der Waals surface area contributed by atoms with E-state index in [4.69, 9.17) is 0 Å². The lowest BCUT2D eigenvalue weighted by Crippen LogP contribution is -1.84. The zero-order valence-electron chi connectivity index (χ0n) is 8.27. The molecule has 0 aliphatic heterocycles. The zero-order valence-corrected chi connectivity index (χ0v) is 8.27. The molecule has 4 nitrogen and oxygen atoms in total. The van der Waals surface area contributed by atoms with E-state index in [1.165, 1.54) is 12.1 Å². The average molecular weight is 195 g/mol. The Morgan fingerprint density at radius 1 is 1.36 bits per heavy atom. The van der Waals surface area contributed by atoms with Crippen LogP contribution >= 0.6 is 0 Å². The van der Waals surface area contributed by atoms with Gasteiger partial charge in [0.1, 0.15) is 5.78 Å². The van der Waals surface area contributed by atoms with Crippen LogP contribution in [0, 0.1) is 10.1 Å². The number of nitro groups is 1. The van der Waals surface area contributed by atoms with Gasteiger partial charge in [-0.15, -0.1) is 0 Å². The Bertz CT molecular complexity index is 295. The van der Waals surface area contributed by atoms with E-state index in [1.54, 1.807) is 25.1 Å². The monoisotopic (exact) mass is 195 g/mol. The van der Waals surface area contributed by atoms with E-state index in [-0.39, 0.29) is 11.5 Å². The number of carbonyl (C=O) groups excluding carboxylic acids is 1. The van der Waals surface area contributed by atoms with Crippen LogP contribution in [-0.2, 0) is 4.79 Å². The number of para-hydroxylation sites is 1. The summed E-state index contributed by atoms with van der Waals surface area (Å²) in [5, 5.41) is 10.0. The molecule has 0 N–H and O–H groups in total. The third-order valence-corrected chi connectivity index (χ3v) is 1.46. The van der Waals surface area contributed by atoms with Gasteiger partial charge in [0.25, 0.3) is 5.69 Å². The maximum absolute atomic E-state index is 10.0. The van der Waals surface area contributed by atoms with E-state index in [0.29, 0.717) is 6.42 Å². The molecule has 0 saturated heterocycles. The van der Waals surface area contributed by atoms with Crippen molar-refractivity contribution in [2.75, 3.05) is 0 Å². The first-order valence-corrected chi connectivity index (χ1v) is 4.26. The van der Waals surface area contributed by atoms with Gasteiger partial charge >= 0.3 is 0 Å². The second-order valence-electron chi connectivity index (χ2n) is 2.65. The molecule has 1 aromatic carbocycles. The second kappa shape index (κ2) is 6.77. The molecule has 0 saturated carbocycles. The first kappa shape index (κ1) is 12.3. The third kappa shape index (κ3) is 5.88. The number of ketones is 1. The van der Waals surface area contributed by atoms with Gasteiger partial charge in [-0.25, -0.2) is 0 Å². The van der Waals surface area contributed by atoms with E-state index in [0.717, 1.165) is 0 Å². The maximum atomic E-state index is 10.0. The molecule has 1 rings (SSSR count). The first-order chi connectivity index (χ1) is 6.57. The van der Waals surface area contributed by atoms with Crippen molar-refractivity contribution in [1.29, 1.82) is 0 Å². The van der Waals surface area contributed by atoms with Crippen LogP contribution in [0.4, 0.5) is 5.69 Å². The van der Waals surface area contributed by atoms with Gasteiger partial charge in [0, 0.05) is 18.6 Å². The number of hydrogen-bond donors (Lipinski definition) is 0. The summed E-state index contributed by atoms with van der Waals surface area (Å²) in [4.78, 5) is 19.4. The van der Waals surface area contributed by atoms with E-state index in [9.17, 15) is 14.9 Å². The molecule has 0 unspecified atom stereocenters. The Balaban J connectivity index is 0.000000292. The summed E-state index contributed by atoms with van der Waals surface area (Å²) in [7, 11) is 0. The molecule has 0 heterocycles. The summed E-state index contributed by atoms with van der Waals surface area (Å²) in [6.45, 7) is 3.43. The number of benzene rings is 1. The fourth-order valence-corrected chi connectivity index (χ4v) is 0.550. The van der Waals surface area contributed by atoms with Crippen LogP contribution in [0.15, 0.2) is 30.3 Å². The van der Waals surface area contributed by atoms with Crippen LogP contribution in [0.2, 0.25) is 0 Å². The minimum atomic E-state index is -0.417. The van der Waals surface area contributed by atoms with E-state index >= 15 is 0 Å². The molecular formula is C10H13NO3. The number of carbonyl (C=O) groups is 1. The van der Waals surface area contributed by atoms with Gasteiger partial charge in [-0.3, -0.25) is 10.1 Å². The highest BCUT2D eigenvalue weighted by molar-refractivity contribution is 5.74. The molecule has 0 amide bonds. The predicted molar refractivity (Wildman–Crippen MR) is 54.1 cm³/mol. The number of hydrogen-bond acceptors (Lipinski definition) is 3. The van der Waals surface area contributed by atoms with Crippen molar-refractivity contribution in [2.24, 2.45) is 0 Å². The molecule has 14 heavy (non-hydrogen) atoms. The molecule has 0 aliphatic carbocycles. The van der Waals surface area contributed by atoms with Gasteiger partial charge in [-0.2, -0.15) is 0 Å². The number of rotatable bonds is 2. The van der Waals surface area contributed by atoms with Crippen molar-refractivity contribution in [3.8, 4) is 0 Å². The second-order valence-corrected chi connectivity index (χ2v) is 2.65. The van der Waals surface area contributed by atoms with Gasteiger partial charge in [0.15, 0.2) is 0 Å². The Kier molecular flexibility index (Phi) is 5.94. The smallest absolute Gasteiger partial charge is 0.269 e. The summed E-state index contributed by atoms with van der Waals surface area (Å²) >= 11 is 0. The Morgan fingerprint density at radius 2 is 1.79 bits per heavy atom. The van der Waals surface area contributed by atoms with E-state index in [1.807, 2.05) is 6.92 Å². The number of Topliss-reactive ketones (excluding diaryl/α,β-unsaturated/α-hetero) is 1. The van der Waals surface area contributed by atoms with E-state index < -0.39 is 4.92 Å². The number of nitrogens with zero attached hydrogens (tertiary/aromatic N) is 1. The van der Waals surface area contributed by atoms with Crippen molar-refractivity contribution in [3.05, 3.63) is 40.4 Å². The molecule has 0 radical (unpaired) electrons.